The number of aromatic nitrogens is 2. The Labute approximate surface area is 125 Å². The lowest BCUT2D eigenvalue weighted by Gasteiger charge is -2.31. The van der Waals surface area contributed by atoms with Crippen LogP contribution in [-0.2, 0) is 16.0 Å². The Balaban J connectivity index is 1.77. The van der Waals surface area contributed by atoms with E-state index in [4.69, 9.17) is 0 Å². The van der Waals surface area contributed by atoms with Gasteiger partial charge in [0.25, 0.3) is 0 Å². The van der Waals surface area contributed by atoms with Gasteiger partial charge in [-0.05, 0) is 32.8 Å². The zero-order valence-electron chi connectivity index (χ0n) is 13.0. The number of hydrogen-bond donors (Lipinski definition) is 2. The van der Waals surface area contributed by atoms with Crippen molar-refractivity contribution in [2.24, 2.45) is 5.92 Å². The Morgan fingerprint density at radius 1 is 1.48 bits per heavy atom. The van der Waals surface area contributed by atoms with Crippen LogP contribution in [0.25, 0.3) is 0 Å². The van der Waals surface area contributed by atoms with Gasteiger partial charge in [0.05, 0.1) is 5.69 Å². The fourth-order valence-corrected chi connectivity index (χ4v) is 2.76. The van der Waals surface area contributed by atoms with E-state index in [9.17, 15) is 9.59 Å². The molecule has 6 heteroatoms. The van der Waals surface area contributed by atoms with Gasteiger partial charge in [-0.1, -0.05) is 0 Å². The van der Waals surface area contributed by atoms with Crippen molar-refractivity contribution in [3.8, 4) is 0 Å². The van der Waals surface area contributed by atoms with Crippen LogP contribution in [0.2, 0.25) is 0 Å². The first-order valence-corrected chi connectivity index (χ1v) is 7.52. The number of likely N-dealkylation sites (tertiary alicyclic amines) is 1. The maximum Gasteiger partial charge on any atom is 0.223 e. The van der Waals surface area contributed by atoms with Gasteiger partial charge in [0.15, 0.2) is 0 Å². The second-order valence-electron chi connectivity index (χ2n) is 5.94. The molecule has 116 valence electrons. The Kier molecular flexibility index (Phi) is 4.98. The third-order valence-corrected chi connectivity index (χ3v) is 3.97. The molecule has 0 unspecified atom stereocenters. The highest BCUT2D eigenvalue weighted by Crippen LogP contribution is 2.17. The van der Waals surface area contributed by atoms with E-state index in [1.165, 1.54) is 0 Å². The average molecular weight is 292 g/mol. The molecule has 0 spiro atoms. The smallest absolute Gasteiger partial charge is 0.223 e. The van der Waals surface area contributed by atoms with E-state index < -0.39 is 0 Å². The van der Waals surface area contributed by atoms with E-state index in [0.717, 1.165) is 30.7 Å². The molecular formula is C15H24N4O2. The first-order chi connectivity index (χ1) is 9.95. The predicted octanol–water partition coefficient (Wildman–Crippen LogP) is 1.02. The van der Waals surface area contributed by atoms with Gasteiger partial charge in [0.2, 0.25) is 11.8 Å². The minimum Gasteiger partial charge on any atom is -0.353 e. The van der Waals surface area contributed by atoms with Gasteiger partial charge in [0.1, 0.15) is 0 Å². The van der Waals surface area contributed by atoms with Gasteiger partial charge in [-0.2, -0.15) is 5.10 Å². The van der Waals surface area contributed by atoms with Crippen molar-refractivity contribution in [1.82, 2.24) is 20.4 Å². The highest BCUT2D eigenvalue weighted by Gasteiger charge is 2.26. The van der Waals surface area contributed by atoms with E-state index in [2.05, 4.69) is 15.5 Å². The van der Waals surface area contributed by atoms with Crippen molar-refractivity contribution in [2.45, 2.75) is 46.1 Å². The molecule has 0 aliphatic carbocycles. The molecule has 2 amide bonds. The van der Waals surface area contributed by atoms with Crippen molar-refractivity contribution in [3.63, 3.8) is 0 Å². The maximum absolute atomic E-state index is 12.2. The van der Waals surface area contributed by atoms with E-state index in [1.807, 2.05) is 19.9 Å². The fraction of sp³-hybridized carbons (Fsp3) is 0.667. The summed E-state index contributed by atoms with van der Waals surface area (Å²) in [4.78, 5) is 25.3. The summed E-state index contributed by atoms with van der Waals surface area (Å²) in [5.74, 6) is 0.207. The lowest BCUT2D eigenvalue weighted by atomic mass is 9.95. The molecule has 1 aliphatic heterocycles. The number of amides is 2. The Bertz CT molecular complexity index is 504. The van der Waals surface area contributed by atoms with Gasteiger partial charge < -0.3 is 10.2 Å². The molecule has 1 aromatic heterocycles. The number of H-pyrrole nitrogens is 1. The summed E-state index contributed by atoms with van der Waals surface area (Å²) >= 11 is 0. The van der Waals surface area contributed by atoms with Crippen LogP contribution in [0.3, 0.4) is 0 Å². The molecule has 1 fully saturated rings. The summed E-state index contributed by atoms with van der Waals surface area (Å²) in [6.45, 7) is 6.89. The molecule has 6 nitrogen and oxygen atoms in total. The van der Waals surface area contributed by atoms with Crippen molar-refractivity contribution >= 4 is 11.8 Å². The molecule has 1 atom stereocenters. The number of aromatic amines is 1. The number of carbonyl (C=O) groups excluding carboxylic acids is 2. The monoisotopic (exact) mass is 292 g/mol. The summed E-state index contributed by atoms with van der Waals surface area (Å²) < 4.78 is 0. The Morgan fingerprint density at radius 2 is 2.14 bits per heavy atom. The van der Waals surface area contributed by atoms with Crippen LogP contribution >= 0.6 is 0 Å². The van der Waals surface area contributed by atoms with Crippen molar-refractivity contribution < 1.29 is 9.59 Å². The number of aryl methyl sites for hydroxylation is 1. The van der Waals surface area contributed by atoms with Crippen molar-refractivity contribution in [1.29, 1.82) is 0 Å². The lowest BCUT2D eigenvalue weighted by Crippen LogP contribution is -2.44. The van der Waals surface area contributed by atoms with E-state index in [0.29, 0.717) is 13.1 Å². The summed E-state index contributed by atoms with van der Waals surface area (Å²) in [6, 6.07) is 2.06. The standard InChI is InChI=1S/C15H24N4O2/c1-10(8-14-9-11(2)17-18-14)16-15(21)13-4-6-19(7-5-13)12(3)20/h9-10,13H,4-8H2,1-3H3,(H,16,21)(H,17,18)/t10-/m0/s1. The minimum atomic E-state index is 0.0176. The third kappa shape index (κ3) is 4.31. The number of piperidine rings is 1. The highest BCUT2D eigenvalue weighted by molar-refractivity contribution is 5.79. The van der Waals surface area contributed by atoms with Crippen molar-refractivity contribution in [2.75, 3.05) is 13.1 Å². The molecule has 0 saturated carbocycles. The van der Waals surface area contributed by atoms with Gasteiger partial charge in [0, 0.05) is 44.1 Å². The topological polar surface area (TPSA) is 78.1 Å². The van der Waals surface area contributed by atoms with Crippen LogP contribution in [0.4, 0.5) is 0 Å². The van der Waals surface area contributed by atoms with Crippen LogP contribution < -0.4 is 5.32 Å². The zero-order valence-corrected chi connectivity index (χ0v) is 13.0. The van der Waals surface area contributed by atoms with Gasteiger partial charge in [-0.3, -0.25) is 14.7 Å². The summed E-state index contributed by atoms with van der Waals surface area (Å²) in [5.41, 5.74) is 1.99. The number of carbonyl (C=O) groups is 2. The quantitative estimate of drug-likeness (QED) is 0.870. The summed E-state index contributed by atoms with van der Waals surface area (Å²) in [6.07, 6.45) is 2.22. The van der Waals surface area contributed by atoms with E-state index >= 15 is 0 Å². The molecule has 0 bridgehead atoms. The highest BCUT2D eigenvalue weighted by atomic mass is 16.2. The van der Waals surface area contributed by atoms with Crippen molar-refractivity contribution in [3.05, 3.63) is 17.5 Å². The number of rotatable bonds is 4. The van der Waals surface area contributed by atoms with Crippen LogP contribution in [-0.4, -0.2) is 46.0 Å². The van der Waals surface area contributed by atoms with Crippen LogP contribution in [0.5, 0.6) is 0 Å². The predicted molar refractivity (Wildman–Crippen MR) is 79.6 cm³/mol. The second-order valence-corrected chi connectivity index (χ2v) is 5.94. The molecule has 1 aromatic rings. The molecule has 0 radical (unpaired) electrons. The van der Waals surface area contributed by atoms with E-state index in [-0.39, 0.29) is 23.8 Å². The molecule has 1 saturated heterocycles. The van der Waals surface area contributed by atoms with Gasteiger partial charge >= 0.3 is 0 Å². The number of nitrogens with zero attached hydrogens (tertiary/aromatic N) is 2. The average Bonchev–Trinajstić information content (AvgIpc) is 2.83. The van der Waals surface area contributed by atoms with Crippen LogP contribution in [0.15, 0.2) is 6.07 Å². The largest absolute Gasteiger partial charge is 0.353 e. The third-order valence-electron chi connectivity index (χ3n) is 3.97. The maximum atomic E-state index is 12.2. The zero-order chi connectivity index (χ0) is 15.4. The molecule has 2 heterocycles. The number of hydrogen-bond acceptors (Lipinski definition) is 3. The first-order valence-electron chi connectivity index (χ1n) is 7.52. The molecular weight excluding hydrogens is 268 g/mol. The second kappa shape index (κ2) is 6.74. The first kappa shape index (κ1) is 15.5. The molecule has 21 heavy (non-hydrogen) atoms. The van der Waals surface area contributed by atoms with Gasteiger partial charge in [-0.25, -0.2) is 0 Å². The summed E-state index contributed by atoms with van der Waals surface area (Å²) in [7, 11) is 0. The van der Waals surface area contributed by atoms with Crippen LogP contribution in [0, 0.1) is 12.8 Å². The molecule has 1 aliphatic rings. The number of nitrogens with one attached hydrogen (secondary N) is 2. The molecule has 2 rings (SSSR count). The van der Waals surface area contributed by atoms with Gasteiger partial charge in [-0.15, -0.1) is 0 Å². The SMILES string of the molecule is CC(=O)N1CCC(C(=O)N[C@@H](C)Cc2cc(C)[nH]n2)CC1. The summed E-state index contributed by atoms with van der Waals surface area (Å²) in [5, 5.41) is 10.1. The van der Waals surface area contributed by atoms with E-state index in [1.54, 1.807) is 11.8 Å². The Hall–Kier alpha value is -1.85. The normalized spacial score (nSPS) is 17.6. The lowest BCUT2D eigenvalue weighted by molar-refractivity contribution is -0.134. The fourth-order valence-electron chi connectivity index (χ4n) is 2.76. The molecule has 2 N–H and O–H groups in total. The van der Waals surface area contributed by atoms with Crippen LogP contribution in [0.1, 0.15) is 38.1 Å². The Morgan fingerprint density at radius 3 is 2.67 bits per heavy atom. The molecule has 0 aromatic carbocycles. The minimum absolute atomic E-state index is 0.0176.